The summed E-state index contributed by atoms with van der Waals surface area (Å²) >= 11 is 1.43. The standard InChI is InChI=1S/C21H27N5O4S/c1-4-26-15(7-8-22-26)20(27)25(10-9-24-11-13-30-14-12-24)21-23-18-16(28-2)5-6-17(29-3)19(18)31-21/h5-8H,4,9-14H2,1-3H3. The van der Waals surface area contributed by atoms with Gasteiger partial charge in [0.15, 0.2) is 5.13 Å². The highest BCUT2D eigenvalue weighted by Gasteiger charge is 2.26. The second-order valence-electron chi connectivity index (χ2n) is 7.09. The van der Waals surface area contributed by atoms with Crippen molar-refractivity contribution in [2.75, 3.05) is 58.5 Å². The maximum absolute atomic E-state index is 13.6. The first-order valence-electron chi connectivity index (χ1n) is 10.3. The lowest BCUT2D eigenvalue weighted by Gasteiger charge is -2.29. The summed E-state index contributed by atoms with van der Waals surface area (Å²) in [6.07, 6.45) is 1.65. The normalized spacial score (nSPS) is 14.7. The van der Waals surface area contributed by atoms with E-state index >= 15 is 0 Å². The molecule has 166 valence electrons. The van der Waals surface area contributed by atoms with Gasteiger partial charge in [0, 0.05) is 38.9 Å². The number of aromatic nitrogens is 3. The molecule has 0 saturated carbocycles. The van der Waals surface area contributed by atoms with Gasteiger partial charge in [-0.1, -0.05) is 11.3 Å². The minimum atomic E-state index is -0.121. The maximum atomic E-state index is 13.6. The van der Waals surface area contributed by atoms with Crippen LogP contribution in [0.4, 0.5) is 5.13 Å². The number of nitrogens with zero attached hydrogens (tertiary/aromatic N) is 5. The van der Waals surface area contributed by atoms with E-state index in [0.717, 1.165) is 24.3 Å². The molecule has 1 aliphatic heterocycles. The molecule has 0 atom stereocenters. The molecule has 0 bridgehead atoms. The zero-order valence-electron chi connectivity index (χ0n) is 18.0. The van der Waals surface area contributed by atoms with Crippen molar-refractivity contribution < 1.29 is 19.0 Å². The van der Waals surface area contributed by atoms with Crippen LogP contribution < -0.4 is 14.4 Å². The van der Waals surface area contributed by atoms with E-state index in [1.54, 1.807) is 36.1 Å². The number of fused-ring (bicyclic) bond motifs is 1. The highest BCUT2D eigenvalue weighted by atomic mass is 32.1. The number of anilines is 1. The van der Waals surface area contributed by atoms with Crippen LogP contribution in [-0.4, -0.2) is 79.2 Å². The van der Waals surface area contributed by atoms with Crippen molar-refractivity contribution in [3.05, 3.63) is 30.1 Å². The zero-order valence-corrected chi connectivity index (χ0v) is 18.9. The molecule has 0 N–H and O–H groups in total. The molecule has 3 heterocycles. The van der Waals surface area contributed by atoms with E-state index in [1.807, 2.05) is 19.1 Å². The van der Waals surface area contributed by atoms with Crippen molar-refractivity contribution in [1.82, 2.24) is 19.7 Å². The van der Waals surface area contributed by atoms with Crippen molar-refractivity contribution in [2.24, 2.45) is 0 Å². The van der Waals surface area contributed by atoms with Gasteiger partial charge in [-0.25, -0.2) is 4.98 Å². The van der Waals surface area contributed by atoms with Gasteiger partial charge in [0.2, 0.25) is 0 Å². The quantitative estimate of drug-likeness (QED) is 0.527. The molecule has 9 nitrogen and oxygen atoms in total. The molecule has 0 spiro atoms. The van der Waals surface area contributed by atoms with Gasteiger partial charge in [0.1, 0.15) is 27.4 Å². The van der Waals surface area contributed by atoms with E-state index in [4.69, 9.17) is 19.2 Å². The Hall–Kier alpha value is -2.69. The smallest absolute Gasteiger partial charge is 0.278 e. The molecule has 0 aliphatic carbocycles. The largest absolute Gasteiger partial charge is 0.495 e. The van der Waals surface area contributed by atoms with Gasteiger partial charge < -0.3 is 14.2 Å². The number of benzene rings is 1. The Morgan fingerprint density at radius 3 is 2.65 bits per heavy atom. The van der Waals surface area contributed by atoms with Crippen molar-refractivity contribution in [2.45, 2.75) is 13.5 Å². The summed E-state index contributed by atoms with van der Waals surface area (Å²) in [7, 11) is 3.24. The number of carbonyl (C=O) groups is 1. The average Bonchev–Trinajstić information content (AvgIpc) is 3.46. The first kappa shape index (κ1) is 21.5. The number of carbonyl (C=O) groups excluding carboxylic acids is 1. The molecular weight excluding hydrogens is 418 g/mol. The van der Waals surface area contributed by atoms with Crippen LogP contribution in [0.15, 0.2) is 24.4 Å². The monoisotopic (exact) mass is 445 g/mol. The van der Waals surface area contributed by atoms with Crippen molar-refractivity contribution in [3.8, 4) is 11.5 Å². The lowest BCUT2D eigenvalue weighted by molar-refractivity contribution is 0.0391. The third-order valence-electron chi connectivity index (χ3n) is 5.35. The molecule has 31 heavy (non-hydrogen) atoms. The first-order chi connectivity index (χ1) is 15.2. The molecule has 0 radical (unpaired) electrons. The zero-order chi connectivity index (χ0) is 21.8. The second-order valence-corrected chi connectivity index (χ2v) is 8.06. The molecule has 4 rings (SSSR count). The van der Waals surface area contributed by atoms with Crippen molar-refractivity contribution >= 4 is 32.6 Å². The van der Waals surface area contributed by atoms with Crippen LogP contribution in [0.5, 0.6) is 11.5 Å². The third kappa shape index (κ3) is 4.36. The summed E-state index contributed by atoms with van der Waals surface area (Å²) < 4.78 is 19.0. The number of rotatable bonds is 8. The summed E-state index contributed by atoms with van der Waals surface area (Å²) in [5, 5.41) is 4.88. The van der Waals surface area contributed by atoms with E-state index < -0.39 is 0 Å². The number of hydrogen-bond donors (Lipinski definition) is 0. The van der Waals surface area contributed by atoms with Crippen LogP contribution in [0.1, 0.15) is 17.4 Å². The van der Waals surface area contributed by atoms with E-state index in [0.29, 0.717) is 54.1 Å². The van der Waals surface area contributed by atoms with E-state index in [1.165, 1.54) is 11.3 Å². The SMILES string of the molecule is CCn1nccc1C(=O)N(CCN1CCOCC1)c1nc2c(OC)ccc(OC)c2s1. The lowest BCUT2D eigenvalue weighted by Crippen LogP contribution is -2.43. The van der Waals surface area contributed by atoms with Gasteiger partial charge in [-0.05, 0) is 25.1 Å². The highest BCUT2D eigenvalue weighted by molar-refractivity contribution is 7.22. The molecule has 2 aromatic heterocycles. The summed E-state index contributed by atoms with van der Waals surface area (Å²) in [5.74, 6) is 1.24. The van der Waals surface area contributed by atoms with Gasteiger partial charge in [-0.2, -0.15) is 5.10 Å². The molecule has 10 heteroatoms. The molecule has 3 aromatic rings. The van der Waals surface area contributed by atoms with Crippen molar-refractivity contribution in [3.63, 3.8) is 0 Å². The number of hydrogen-bond acceptors (Lipinski definition) is 8. The van der Waals surface area contributed by atoms with E-state index in [9.17, 15) is 4.79 Å². The molecule has 1 amide bonds. The maximum Gasteiger partial charge on any atom is 0.278 e. The molecule has 1 saturated heterocycles. The Morgan fingerprint density at radius 2 is 1.94 bits per heavy atom. The number of thiazole rings is 1. The van der Waals surface area contributed by atoms with Gasteiger partial charge in [-0.3, -0.25) is 19.3 Å². The summed E-state index contributed by atoms with van der Waals surface area (Å²) in [6.45, 7) is 6.98. The number of methoxy groups -OCH3 is 2. The van der Waals surface area contributed by atoms with Crippen LogP contribution in [0.25, 0.3) is 10.2 Å². The number of aryl methyl sites for hydroxylation is 1. The van der Waals surface area contributed by atoms with Gasteiger partial charge in [0.05, 0.1) is 27.4 Å². The summed E-state index contributed by atoms with van der Waals surface area (Å²) in [6, 6.07) is 5.44. The minimum absolute atomic E-state index is 0.121. The fourth-order valence-electron chi connectivity index (χ4n) is 3.64. The Kier molecular flexibility index (Phi) is 6.69. The van der Waals surface area contributed by atoms with Crippen molar-refractivity contribution in [1.29, 1.82) is 0 Å². The van der Waals surface area contributed by atoms with E-state index in [2.05, 4.69) is 10.00 Å². The average molecular weight is 446 g/mol. The fraction of sp³-hybridized carbons (Fsp3) is 0.476. The van der Waals surface area contributed by atoms with Crippen LogP contribution in [0, 0.1) is 0 Å². The fourth-order valence-corrected chi connectivity index (χ4v) is 4.74. The topological polar surface area (TPSA) is 82.0 Å². The van der Waals surface area contributed by atoms with Crippen LogP contribution in [0.2, 0.25) is 0 Å². The van der Waals surface area contributed by atoms with Gasteiger partial charge in [-0.15, -0.1) is 0 Å². The first-order valence-corrected chi connectivity index (χ1v) is 11.1. The molecule has 1 aromatic carbocycles. The predicted molar refractivity (Wildman–Crippen MR) is 120 cm³/mol. The molecule has 1 aliphatic rings. The minimum Gasteiger partial charge on any atom is -0.495 e. The lowest BCUT2D eigenvalue weighted by atomic mass is 10.3. The molecule has 1 fully saturated rings. The van der Waals surface area contributed by atoms with Gasteiger partial charge >= 0.3 is 0 Å². The van der Waals surface area contributed by atoms with Crippen LogP contribution in [-0.2, 0) is 11.3 Å². The number of amides is 1. The Morgan fingerprint density at radius 1 is 1.19 bits per heavy atom. The molecular formula is C21H27N5O4S. The third-order valence-corrected chi connectivity index (χ3v) is 6.45. The Bertz CT molecular complexity index is 1000. The Balaban J connectivity index is 1.71. The summed E-state index contributed by atoms with van der Waals surface area (Å²) in [5.41, 5.74) is 1.23. The van der Waals surface area contributed by atoms with Crippen LogP contribution >= 0.6 is 11.3 Å². The molecule has 0 unspecified atom stereocenters. The Labute approximate surface area is 185 Å². The predicted octanol–water partition coefficient (Wildman–Crippen LogP) is 2.51. The van der Waals surface area contributed by atoms with Crippen LogP contribution in [0.3, 0.4) is 0 Å². The number of morpholine rings is 1. The summed E-state index contributed by atoms with van der Waals surface area (Å²) in [4.78, 5) is 22.4. The van der Waals surface area contributed by atoms with Gasteiger partial charge in [0.25, 0.3) is 5.91 Å². The van der Waals surface area contributed by atoms with E-state index in [-0.39, 0.29) is 5.91 Å². The second kappa shape index (κ2) is 9.63. The number of ether oxygens (including phenoxy) is 3. The highest BCUT2D eigenvalue weighted by Crippen LogP contribution is 2.40.